The van der Waals surface area contributed by atoms with Crippen LogP contribution in [0.15, 0.2) is 24.3 Å². The van der Waals surface area contributed by atoms with E-state index in [2.05, 4.69) is 29.4 Å². The highest BCUT2D eigenvalue weighted by Crippen LogP contribution is 2.07. The Labute approximate surface area is 120 Å². The molecule has 0 atom stereocenters. The normalized spacial score (nSPS) is 10.4. The van der Waals surface area contributed by atoms with E-state index in [0.717, 1.165) is 19.6 Å². The van der Waals surface area contributed by atoms with Crippen LogP contribution in [0, 0.1) is 0 Å². The van der Waals surface area contributed by atoms with Crippen molar-refractivity contribution in [3.8, 4) is 0 Å². The number of likely N-dealkylation sites (N-methyl/N-ethyl adjacent to an activating group) is 1. The molecule has 0 radical (unpaired) electrons. The molecule has 0 bridgehead atoms. The topological polar surface area (TPSA) is 61.4 Å². The first-order valence-electron chi connectivity index (χ1n) is 6.90. The Kier molecular flexibility index (Phi) is 6.73. The third-order valence-corrected chi connectivity index (χ3v) is 3.21. The molecule has 20 heavy (non-hydrogen) atoms. The third-order valence-electron chi connectivity index (χ3n) is 3.21. The fourth-order valence-electron chi connectivity index (χ4n) is 1.82. The summed E-state index contributed by atoms with van der Waals surface area (Å²) in [6.45, 7) is 7.15. The van der Waals surface area contributed by atoms with E-state index in [1.807, 2.05) is 12.1 Å². The van der Waals surface area contributed by atoms with Crippen LogP contribution in [0.2, 0.25) is 0 Å². The zero-order valence-electron chi connectivity index (χ0n) is 12.4. The van der Waals surface area contributed by atoms with Gasteiger partial charge in [0.2, 0.25) is 5.91 Å². The summed E-state index contributed by atoms with van der Waals surface area (Å²) in [4.78, 5) is 25.2. The number of hydrogen-bond donors (Lipinski definition) is 2. The molecule has 1 aromatic rings. The Balaban J connectivity index is 2.57. The molecule has 0 aliphatic rings. The van der Waals surface area contributed by atoms with Crippen molar-refractivity contribution in [1.82, 2.24) is 15.5 Å². The SMILES string of the molecule is CCN(CC)Cc1ccc(C(=O)NCC(=O)NC)cc1. The zero-order valence-corrected chi connectivity index (χ0v) is 12.4. The lowest BCUT2D eigenvalue weighted by atomic mass is 10.1. The van der Waals surface area contributed by atoms with Crippen molar-refractivity contribution in [3.63, 3.8) is 0 Å². The summed E-state index contributed by atoms with van der Waals surface area (Å²) in [6, 6.07) is 7.48. The molecule has 0 heterocycles. The van der Waals surface area contributed by atoms with Crippen LogP contribution < -0.4 is 10.6 Å². The van der Waals surface area contributed by atoms with Crippen LogP contribution in [-0.2, 0) is 11.3 Å². The van der Waals surface area contributed by atoms with Crippen molar-refractivity contribution < 1.29 is 9.59 Å². The van der Waals surface area contributed by atoms with Gasteiger partial charge in [-0.1, -0.05) is 26.0 Å². The van der Waals surface area contributed by atoms with E-state index >= 15 is 0 Å². The summed E-state index contributed by atoms with van der Waals surface area (Å²) in [6.07, 6.45) is 0. The maximum atomic E-state index is 11.8. The Morgan fingerprint density at radius 2 is 1.70 bits per heavy atom. The number of amides is 2. The van der Waals surface area contributed by atoms with Gasteiger partial charge >= 0.3 is 0 Å². The highest BCUT2D eigenvalue weighted by molar-refractivity contribution is 5.96. The first-order valence-corrected chi connectivity index (χ1v) is 6.90. The van der Waals surface area contributed by atoms with E-state index in [0.29, 0.717) is 5.56 Å². The highest BCUT2D eigenvalue weighted by atomic mass is 16.2. The van der Waals surface area contributed by atoms with Crippen LogP contribution in [0.4, 0.5) is 0 Å². The molecular formula is C15H23N3O2. The second kappa shape index (κ2) is 8.32. The minimum absolute atomic E-state index is 0.00344. The molecule has 1 aromatic carbocycles. The van der Waals surface area contributed by atoms with Crippen molar-refractivity contribution in [1.29, 1.82) is 0 Å². The minimum Gasteiger partial charge on any atom is -0.358 e. The van der Waals surface area contributed by atoms with Crippen LogP contribution in [0.25, 0.3) is 0 Å². The summed E-state index contributed by atoms with van der Waals surface area (Å²) >= 11 is 0. The first kappa shape index (κ1) is 16.2. The van der Waals surface area contributed by atoms with E-state index < -0.39 is 0 Å². The smallest absolute Gasteiger partial charge is 0.251 e. The third kappa shape index (κ3) is 5.01. The predicted octanol–water partition coefficient (Wildman–Crippen LogP) is 1.00. The first-order chi connectivity index (χ1) is 9.60. The molecule has 0 fully saturated rings. The lowest BCUT2D eigenvalue weighted by Gasteiger charge is -2.18. The number of benzene rings is 1. The summed E-state index contributed by atoms with van der Waals surface area (Å²) < 4.78 is 0. The number of carbonyl (C=O) groups excluding carboxylic acids is 2. The Hall–Kier alpha value is -1.88. The molecule has 0 saturated heterocycles. The van der Waals surface area contributed by atoms with Crippen LogP contribution in [0.5, 0.6) is 0 Å². The molecular weight excluding hydrogens is 254 g/mol. The Bertz CT molecular complexity index is 439. The van der Waals surface area contributed by atoms with Crippen LogP contribution >= 0.6 is 0 Å². The van der Waals surface area contributed by atoms with Gasteiger partial charge in [-0.05, 0) is 30.8 Å². The quantitative estimate of drug-likeness (QED) is 0.782. The molecule has 0 aliphatic carbocycles. The van der Waals surface area contributed by atoms with Gasteiger partial charge in [-0.3, -0.25) is 14.5 Å². The fraction of sp³-hybridized carbons (Fsp3) is 0.467. The van der Waals surface area contributed by atoms with E-state index in [4.69, 9.17) is 0 Å². The predicted molar refractivity (Wildman–Crippen MR) is 79.5 cm³/mol. The summed E-state index contributed by atoms with van der Waals surface area (Å²) in [5.41, 5.74) is 1.74. The van der Waals surface area contributed by atoms with Crippen molar-refractivity contribution in [2.24, 2.45) is 0 Å². The highest BCUT2D eigenvalue weighted by Gasteiger charge is 2.07. The molecule has 0 aliphatic heterocycles. The van der Waals surface area contributed by atoms with Gasteiger partial charge in [0.25, 0.3) is 5.91 Å². The maximum Gasteiger partial charge on any atom is 0.251 e. The van der Waals surface area contributed by atoms with E-state index in [9.17, 15) is 9.59 Å². The van der Waals surface area contributed by atoms with E-state index in [1.165, 1.54) is 12.6 Å². The van der Waals surface area contributed by atoms with Gasteiger partial charge in [0, 0.05) is 19.2 Å². The molecule has 0 spiro atoms. The second-order valence-electron chi connectivity index (χ2n) is 4.51. The maximum absolute atomic E-state index is 11.8. The number of carbonyl (C=O) groups is 2. The average Bonchev–Trinajstić information content (AvgIpc) is 2.50. The molecule has 0 saturated carbocycles. The second-order valence-corrected chi connectivity index (χ2v) is 4.51. The van der Waals surface area contributed by atoms with Crippen molar-refractivity contribution >= 4 is 11.8 Å². The number of hydrogen-bond acceptors (Lipinski definition) is 3. The number of nitrogens with one attached hydrogen (secondary N) is 2. The molecule has 2 amide bonds. The average molecular weight is 277 g/mol. The van der Waals surface area contributed by atoms with Gasteiger partial charge in [-0.15, -0.1) is 0 Å². The lowest BCUT2D eigenvalue weighted by Crippen LogP contribution is -2.35. The summed E-state index contributed by atoms with van der Waals surface area (Å²) in [5.74, 6) is -0.445. The zero-order chi connectivity index (χ0) is 15.0. The summed E-state index contributed by atoms with van der Waals surface area (Å²) in [5, 5.41) is 5.03. The fourth-order valence-corrected chi connectivity index (χ4v) is 1.82. The van der Waals surface area contributed by atoms with Gasteiger partial charge in [0.1, 0.15) is 0 Å². The monoisotopic (exact) mass is 277 g/mol. The van der Waals surface area contributed by atoms with Gasteiger partial charge < -0.3 is 10.6 Å². The van der Waals surface area contributed by atoms with Crippen molar-refractivity contribution in [2.75, 3.05) is 26.7 Å². The lowest BCUT2D eigenvalue weighted by molar-refractivity contribution is -0.119. The molecule has 0 aromatic heterocycles. The van der Waals surface area contributed by atoms with Crippen LogP contribution in [0.3, 0.4) is 0 Å². The Morgan fingerprint density at radius 3 is 2.20 bits per heavy atom. The molecule has 5 nitrogen and oxygen atoms in total. The van der Waals surface area contributed by atoms with Gasteiger partial charge in [0.15, 0.2) is 0 Å². The summed E-state index contributed by atoms with van der Waals surface area (Å²) in [7, 11) is 1.54. The van der Waals surface area contributed by atoms with Crippen molar-refractivity contribution in [3.05, 3.63) is 35.4 Å². The van der Waals surface area contributed by atoms with Gasteiger partial charge in [-0.2, -0.15) is 0 Å². The largest absolute Gasteiger partial charge is 0.358 e. The number of rotatable bonds is 7. The minimum atomic E-state index is -0.233. The molecule has 110 valence electrons. The van der Waals surface area contributed by atoms with Gasteiger partial charge in [0.05, 0.1) is 6.54 Å². The molecule has 1 rings (SSSR count). The van der Waals surface area contributed by atoms with Gasteiger partial charge in [-0.25, -0.2) is 0 Å². The number of nitrogens with zero attached hydrogens (tertiary/aromatic N) is 1. The molecule has 5 heteroatoms. The molecule has 2 N–H and O–H groups in total. The van der Waals surface area contributed by atoms with Crippen molar-refractivity contribution in [2.45, 2.75) is 20.4 Å². The standard InChI is InChI=1S/C15H23N3O2/c1-4-18(5-2)11-12-6-8-13(9-7-12)15(20)17-10-14(19)16-3/h6-9H,4-5,10-11H2,1-3H3,(H,16,19)(H,17,20). The van der Waals surface area contributed by atoms with E-state index in [1.54, 1.807) is 12.1 Å². The molecule has 0 unspecified atom stereocenters. The van der Waals surface area contributed by atoms with E-state index in [-0.39, 0.29) is 18.4 Å². The van der Waals surface area contributed by atoms with Crippen LogP contribution in [0.1, 0.15) is 29.8 Å². The Morgan fingerprint density at radius 1 is 1.10 bits per heavy atom. The van der Waals surface area contributed by atoms with Crippen LogP contribution in [-0.4, -0.2) is 43.4 Å².